The topological polar surface area (TPSA) is 88.4 Å². The van der Waals surface area contributed by atoms with Gasteiger partial charge in [-0.3, -0.25) is 0 Å². The maximum atomic E-state index is 10.4. The number of aromatic hydroxyl groups is 2. The van der Waals surface area contributed by atoms with Gasteiger partial charge in [-0.15, -0.1) is 0 Å². The standard InChI is InChI=1S/C16H14O6/c17-9-3-1-8(2-4-9)11-5-10(18)14-12(22-11)6-13-16(15(14)19)21-7-20-13/h1-4,6,10-11,17-19H,5,7H2/t10-,11+/m1/s1. The third kappa shape index (κ3) is 1.92. The maximum absolute atomic E-state index is 10.4. The van der Waals surface area contributed by atoms with Crippen LogP contribution in [0.5, 0.6) is 28.7 Å². The van der Waals surface area contributed by atoms with E-state index < -0.39 is 6.10 Å². The normalized spacial score (nSPS) is 22.0. The van der Waals surface area contributed by atoms with Crippen LogP contribution in [0.25, 0.3) is 0 Å². The number of aliphatic hydroxyl groups is 1. The minimum Gasteiger partial charge on any atom is -0.508 e. The van der Waals surface area contributed by atoms with Crippen LogP contribution in [0.2, 0.25) is 0 Å². The van der Waals surface area contributed by atoms with E-state index in [1.807, 2.05) is 0 Å². The third-order valence-electron chi connectivity index (χ3n) is 3.94. The summed E-state index contributed by atoms with van der Waals surface area (Å²) in [4.78, 5) is 0. The van der Waals surface area contributed by atoms with Gasteiger partial charge in [0, 0.05) is 12.5 Å². The molecule has 2 aromatic carbocycles. The van der Waals surface area contributed by atoms with Crippen molar-refractivity contribution in [3.8, 4) is 28.7 Å². The molecule has 0 saturated heterocycles. The molecule has 0 spiro atoms. The lowest BCUT2D eigenvalue weighted by atomic mass is 9.94. The SMILES string of the molecule is Oc1ccc([C@@H]2C[C@@H](O)c3c(cc4c(c3O)OCO4)O2)cc1. The van der Waals surface area contributed by atoms with Gasteiger partial charge in [-0.05, 0) is 17.7 Å². The number of phenolic OH excluding ortho intramolecular Hbond substituents is 2. The predicted molar refractivity (Wildman–Crippen MR) is 75.3 cm³/mol. The Kier molecular flexibility index (Phi) is 2.80. The molecule has 0 aliphatic carbocycles. The van der Waals surface area contributed by atoms with Gasteiger partial charge in [-0.1, -0.05) is 12.1 Å². The monoisotopic (exact) mass is 302 g/mol. The van der Waals surface area contributed by atoms with E-state index in [-0.39, 0.29) is 30.1 Å². The summed E-state index contributed by atoms with van der Waals surface area (Å²) < 4.78 is 16.4. The van der Waals surface area contributed by atoms with Crippen LogP contribution in [0.4, 0.5) is 0 Å². The lowest BCUT2D eigenvalue weighted by Crippen LogP contribution is -2.19. The van der Waals surface area contributed by atoms with Crippen molar-refractivity contribution >= 4 is 0 Å². The molecule has 6 heteroatoms. The Morgan fingerprint density at radius 2 is 1.77 bits per heavy atom. The average molecular weight is 302 g/mol. The Hall–Kier alpha value is -2.60. The number of aliphatic hydroxyl groups excluding tert-OH is 1. The van der Waals surface area contributed by atoms with Crippen LogP contribution >= 0.6 is 0 Å². The second kappa shape index (κ2) is 4.71. The van der Waals surface area contributed by atoms with Gasteiger partial charge in [-0.25, -0.2) is 0 Å². The molecule has 0 bridgehead atoms. The molecule has 0 radical (unpaired) electrons. The van der Waals surface area contributed by atoms with E-state index in [2.05, 4.69) is 0 Å². The summed E-state index contributed by atoms with van der Waals surface area (Å²) in [5.74, 6) is 1.04. The Labute approximate surface area is 126 Å². The first-order valence-corrected chi connectivity index (χ1v) is 6.92. The maximum Gasteiger partial charge on any atom is 0.231 e. The van der Waals surface area contributed by atoms with Gasteiger partial charge >= 0.3 is 0 Å². The van der Waals surface area contributed by atoms with Crippen molar-refractivity contribution in [2.45, 2.75) is 18.6 Å². The first-order valence-electron chi connectivity index (χ1n) is 6.92. The number of fused-ring (bicyclic) bond motifs is 2. The van der Waals surface area contributed by atoms with Gasteiger partial charge in [0.2, 0.25) is 12.5 Å². The second-order valence-corrected chi connectivity index (χ2v) is 5.32. The molecule has 22 heavy (non-hydrogen) atoms. The van der Waals surface area contributed by atoms with Crippen molar-refractivity contribution in [1.82, 2.24) is 0 Å². The van der Waals surface area contributed by atoms with Gasteiger partial charge in [0.15, 0.2) is 11.5 Å². The van der Waals surface area contributed by atoms with E-state index in [4.69, 9.17) is 14.2 Å². The molecule has 2 atom stereocenters. The Balaban J connectivity index is 1.74. The van der Waals surface area contributed by atoms with Crippen LogP contribution in [0.3, 0.4) is 0 Å². The van der Waals surface area contributed by atoms with Gasteiger partial charge in [0.25, 0.3) is 0 Å². The number of hydrogen-bond acceptors (Lipinski definition) is 6. The Bertz CT molecular complexity index is 724. The molecular weight excluding hydrogens is 288 g/mol. The summed E-state index contributed by atoms with van der Waals surface area (Å²) in [5, 5.41) is 30.0. The van der Waals surface area contributed by atoms with E-state index >= 15 is 0 Å². The lowest BCUT2D eigenvalue weighted by Gasteiger charge is -2.30. The summed E-state index contributed by atoms with van der Waals surface area (Å²) in [5.41, 5.74) is 1.15. The third-order valence-corrected chi connectivity index (χ3v) is 3.94. The highest BCUT2D eigenvalue weighted by molar-refractivity contribution is 5.63. The first-order chi connectivity index (χ1) is 10.6. The highest BCUT2D eigenvalue weighted by atomic mass is 16.7. The first kappa shape index (κ1) is 13.1. The van der Waals surface area contributed by atoms with Gasteiger partial charge in [0.1, 0.15) is 17.6 Å². The summed E-state index contributed by atoms with van der Waals surface area (Å²) >= 11 is 0. The number of hydrogen-bond donors (Lipinski definition) is 3. The minimum absolute atomic E-state index is 0.0310. The quantitative estimate of drug-likeness (QED) is 0.749. The summed E-state index contributed by atoms with van der Waals surface area (Å²) in [6.07, 6.45) is -0.953. The predicted octanol–water partition coefficient (Wildman–Crippen LogP) is 2.38. The van der Waals surface area contributed by atoms with Crippen molar-refractivity contribution in [3.63, 3.8) is 0 Å². The average Bonchev–Trinajstić information content (AvgIpc) is 2.96. The smallest absolute Gasteiger partial charge is 0.231 e. The molecule has 2 aromatic rings. The van der Waals surface area contributed by atoms with E-state index in [1.54, 1.807) is 30.3 Å². The molecule has 0 unspecified atom stereocenters. The second-order valence-electron chi connectivity index (χ2n) is 5.32. The molecule has 2 aliphatic rings. The molecule has 6 nitrogen and oxygen atoms in total. The molecule has 2 heterocycles. The Morgan fingerprint density at radius 1 is 1.00 bits per heavy atom. The zero-order chi connectivity index (χ0) is 15.3. The molecule has 114 valence electrons. The van der Waals surface area contributed by atoms with Crippen LogP contribution < -0.4 is 14.2 Å². The van der Waals surface area contributed by atoms with Crippen molar-refractivity contribution < 1.29 is 29.5 Å². The lowest BCUT2D eigenvalue weighted by molar-refractivity contribution is 0.0631. The number of phenols is 2. The van der Waals surface area contributed by atoms with Crippen LogP contribution in [0.1, 0.15) is 29.8 Å². The zero-order valence-electron chi connectivity index (χ0n) is 11.5. The fourth-order valence-electron chi connectivity index (χ4n) is 2.85. The molecule has 0 amide bonds. The van der Waals surface area contributed by atoms with Crippen LogP contribution in [-0.4, -0.2) is 22.1 Å². The number of rotatable bonds is 1. The zero-order valence-corrected chi connectivity index (χ0v) is 11.5. The van der Waals surface area contributed by atoms with Gasteiger partial charge < -0.3 is 29.5 Å². The molecular formula is C16H14O6. The summed E-state index contributed by atoms with van der Waals surface area (Å²) in [7, 11) is 0. The fraction of sp³-hybridized carbons (Fsp3) is 0.250. The van der Waals surface area contributed by atoms with Crippen molar-refractivity contribution in [1.29, 1.82) is 0 Å². The van der Waals surface area contributed by atoms with E-state index in [0.717, 1.165) is 5.56 Å². The highest BCUT2D eigenvalue weighted by Crippen LogP contribution is 2.53. The highest BCUT2D eigenvalue weighted by Gasteiger charge is 2.35. The fourth-order valence-corrected chi connectivity index (χ4v) is 2.85. The number of ether oxygens (including phenoxy) is 3. The van der Waals surface area contributed by atoms with Crippen LogP contribution in [0.15, 0.2) is 30.3 Å². The van der Waals surface area contributed by atoms with E-state index in [9.17, 15) is 15.3 Å². The Morgan fingerprint density at radius 3 is 2.55 bits per heavy atom. The van der Waals surface area contributed by atoms with Crippen LogP contribution in [0, 0.1) is 0 Å². The van der Waals surface area contributed by atoms with E-state index in [0.29, 0.717) is 23.5 Å². The summed E-state index contributed by atoms with van der Waals surface area (Å²) in [6.45, 7) is 0.0310. The minimum atomic E-state index is -0.878. The summed E-state index contributed by atoms with van der Waals surface area (Å²) in [6, 6.07) is 8.23. The number of benzene rings is 2. The largest absolute Gasteiger partial charge is 0.508 e. The van der Waals surface area contributed by atoms with Crippen LogP contribution in [-0.2, 0) is 0 Å². The molecule has 2 aliphatic heterocycles. The van der Waals surface area contributed by atoms with Crippen molar-refractivity contribution in [2.75, 3.05) is 6.79 Å². The van der Waals surface area contributed by atoms with E-state index in [1.165, 1.54) is 0 Å². The van der Waals surface area contributed by atoms with Crippen molar-refractivity contribution in [2.24, 2.45) is 0 Å². The van der Waals surface area contributed by atoms with Gasteiger partial charge in [-0.2, -0.15) is 0 Å². The van der Waals surface area contributed by atoms with Crippen molar-refractivity contribution in [3.05, 3.63) is 41.5 Å². The molecule has 3 N–H and O–H groups in total. The van der Waals surface area contributed by atoms with Gasteiger partial charge in [0.05, 0.1) is 11.7 Å². The molecule has 0 aromatic heterocycles. The molecule has 0 fully saturated rings. The molecule has 0 saturated carbocycles. The molecule has 4 rings (SSSR count).